The van der Waals surface area contributed by atoms with Gasteiger partial charge in [-0.05, 0) is 73.5 Å². The SMILES string of the molecule is C(=C(c1ccccc1)c1ccccc1)c1cccc(-c2c3ccccc3c(-c3ccccc3)c3c2cnc2ccccc23)c1. The lowest BCUT2D eigenvalue weighted by Gasteiger charge is -2.19. The van der Waals surface area contributed by atoms with Crippen molar-refractivity contribution >= 4 is 44.1 Å². The average molecular weight is 560 g/mol. The normalized spacial score (nSPS) is 11.2. The Hall–Kier alpha value is -5.79. The van der Waals surface area contributed by atoms with Gasteiger partial charge in [-0.25, -0.2) is 0 Å². The third-order valence-electron chi connectivity index (χ3n) is 8.48. The van der Waals surface area contributed by atoms with Crippen LogP contribution in [0.2, 0.25) is 0 Å². The van der Waals surface area contributed by atoms with Crippen LogP contribution in [0.1, 0.15) is 16.7 Å². The lowest BCUT2D eigenvalue weighted by Crippen LogP contribution is -1.93. The minimum Gasteiger partial charge on any atom is -0.256 e. The molecule has 0 aliphatic rings. The maximum atomic E-state index is 4.98. The fourth-order valence-corrected chi connectivity index (χ4v) is 6.53. The molecule has 0 amide bonds. The summed E-state index contributed by atoms with van der Waals surface area (Å²) in [6, 6.07) is 58.3. The molecule has 0 unspecified atom stereocenters. The quantitative estimate of drug-likeness (QED) is 0.116. The van der Waals surface area contributed by atoms with Gasteiger partial charge in [-0.3, -0.25) is 4.98 Å². The van der Waals surface area contributed by atoms with Crippen molar-refractivity contribution in [1.29, 1.82) is 0 Å². The predicted molar refractivity (Wildman–Crippen MR) is 187 cm³/mol. The van der Waals surface area contributed by atoms with Crippen LogP contribution in [-0.4, -0.2) is 4.98 Å². The van der Waals surface area contributed by atoms with Crippen molar-refractivity contribution in [3.8, 4) is 22.3 Å². The standard InChI is InChI=1S/C43H29N/c1-4-16-31(17-5-1)38(32-18-6-2-7-19-32)28-30-15-14-22-34(27-30)41-35-23-10-11-24-36(35)42(33-20-8-3-9-21-33)43-37-25-12-13-26-40(37)44-29-39(41)43/h1-29H. The number of benzene rings is 7. The summed E-state index contributed by atoms with van der Waals surface area (Å²) in [5.41, 5.74) is 10.6. The van der Waals surface area contributed by atoms with E-state index in [1.54, 1.807) is 0 Å². The maximum absolute atomic E-state index is 4.98. The predicted octanol–water partition coefficient (Wildman–Crippen LogP) is 11.5. The number of para-hydroxylation sites is 1. The molecular formula is C43H29N. The molecule has 1 heterocycles. The van der Waals surface area contributed by atoms with Crippen LogP contribution < -0.4 is 0 Å². The highest BCUT2D eigenvalue weighted by molar-refractivity contribution is 6.27. The first-order chi connectivity index (χ1) is 21.8. The summed E-state index contributed by atoms with van der Waals surface area (Å²) in [6.45, 7) is 0. The molecule has 0 atom stereocenters. The summed E-state index contributed by atoms with van der Waals surface area (Å²) in [5, 5.41) is 6.04. The Labute approximate surface area is 257 Å². The van der Waals surface area contributed by atoms with Gasteiger partial charge in [0, 0.05) is 22.4 Å². The number of hydrogen-bond donors (Lipinski definition) is 0. The highest BCUT2D eigenvalue weighted by Crippen LogP contribution is 2.45. The van der Waals surface area contributed by atoms with Crippen molar-refractivity contribution in [2.45, 2.75) is 0 Å². The number of aromatic nitrogens is 1. The summed E-state index contributed by atoms with van der Waals surface area (Å²) in [7, 11) is 0. The van der Waals surface area contributed by atoms with Gasteiger partial charge in [0.1, 0.15) is 0 Å². The number of fused-ring (bicyclic) bond motifs is 4. The number of pyridine rings is 1. The minimum atomic E-state index is 1.01. The Kier molecular flexibility index (Phi) is 6.55. The zero-order valence-corrected chi connectivity index (χ0v) is 24.2. The van der Waals surface area contributed by atoms with E-state index in [9.17, 15) is 0 Å². The fourth-order valence-electron chi connectivity index (χ4n) is 6.53. The number of nitrogens with zero attached hydrogens (tertiary/aromatic N) is 1. The highest BCUT2D eigenvalue weighted by Gasteiger charge is 2.19. The van der Waals surface area contributed by atoms with Gasteiger partial charge < -0.3 is 0 Å². The van der Waals surface area contributed by atoms with E-state index < -0.39 is 0 Å². The average Bonchev–Trinajstić information content (AvgIpc) is 3.10. The third-order valence-corrected chi connectivity index (χ3v) is 8.48. The van der Waals surface area contributed by atoms with E-state index in [2.05, 4.69) is 176 Å². The molecule has 0 saturated heterocycles. The van der Waals surface area contributed by atoms with E-state index >= 15 is 0 Å². The van der Waals surface area contributed by atoms with Gasteiger partial charge in [0.15, 0.2) is 0 Å². The molecule has 206 valence electrons. The van der Waals surface area contributed by atoms with E-state index in [1.807, 2.05) is 0 Å². The maximum Gasteiger partial charge on any atom is 0.0708 e. The number of rotatable bonds is 5. The van der Waals surface area contributed by atoms with E-state index in [-0.39, 0.29) is 0 Å². The van der Waals surface area contributed by atoms with Crippen LogP contribution in [0.4, 0.5) is 0 Å². The molecular weight excluding hydrogens is 530 g/mol. The monoisotopic (exact) mass is 559 g/mol. The molecule has 0 saturated carbocycles. The van der Waals surface area contributed by atoms with Gasteiger partial charge >= 0.3 is 0 Å². The molecule has 0 aliphatic carbocycles. The molecule has 1 heteroatoms. The molecule has 8 aromatic rings. The first kappa shape index (κ1) is 25.9. The lowest BCUT2D eigenvalue weighted by molar-refractivity contribution is 1.45. The Morgan fingerprint density at radius 2 is 0.977 bits per heavy atom. The molecule has 0 bridgehead atoms. The third kappa shape index (κ3) is 4.56. The summed E-state index contributed by atoms with van der Waals surface area (Å²) < 4.78 is 0. The second-order valence-electron chi connectivity index (χ2n) is 11.1. The first-order valence-corrected chi connectivity index (χ1v) is 15.1. The van der Waals surface area contributed by atoms with Crippen molar-refractivity contribution in [3.05, 3.63) is 187 Å². The summed E-state index contributed by atoms with van der Waals surface area (Å²) in [5.74, 6) is 0. The summed E-state index contributed by atoms with van der Waals surface area (Å²) in [4.78, 5) is 4.98. The zero-order valence-electron chi connectivity index (χ0n) is 24.2. The van der Waals surface area contributed by atoms with E-state index in [0.717, 1.165) is 16.5 Å². The Morgan fingerprint density at radius 1 is 0.432 bits per heavy atom. The van der Waals surface area contributed by atoms with Gasteiger partial charge in [0.25, 0.3) is 0 Å². The van der Waals surface area contributed by atoms with E-state index in [0.29, 0.717) is 0 Å². The highest BCUT2D eigenvalue weighted by atomic mass is 14.6. The van der Waals surface area contributed by atoms with Gasteiger partial charge in [-0.2, -0.15) is 0 Å². The van der Waals surface area contributed by atoms with Crippen LogP contribution in [-0.2, 0) is 0 Å². The topological polar surface area (TPSA) is 12.9 Å². The molecule has 8 rings (SSSR count). The van der Waals surface area contributed by atoms with Gasteiger partial charge in [0.2, 0.25) is 0 Å². The lowest BCUT2D eigenvalue weighted by atomic mass is 9.85. The number of hydrogen-bond acceptors (Lipinski definition) is 1. The molecule has 0 radical (unpaired) electrons. The molecule has 7 aromatic carbocycles. The van der Waals surface area contributed by atoms with E-state index in [1.165, 1.54) is 60.5 Å². The van der Waals surface area contributed by atoms with Crippen molar-refractivity contribution in [2.75, 3.05) is 0 Å². The molecule has 1 aromatic heterocycles. The van der Waals surface area contributed by atoms with Crippen LogP contribution in [0.15, 0.2) is 170 Å². The zero-order chi connectivity index (χ0) is 29.3. The van der Waals surface area contributed by atoms with E-state index in [4.69, 9.17) is 4.98 Å². The summed E-state index contributed by atoms with van der Waals surface area (Å²) >= 11 is 0. The molecule has 0 aliphatic heterocycles. The molecule has 44 heavy (non-hydrogen) atoms. The van der Waals surface area contributed by atoms with Crippen LogP contribution >= 0.6 is 0 Å². The summed E-state index contributed by atoms with van der Waals surface area (Å²) in [6.07, 6.45) is 4.39. The molecule has 0 fully saturated rings. The molecule has 1 nitrogen and oxygen atoms in total. The van der Waals surface area contributed by atoms with Crippen molar-refractivity contribution in [2.24, 2.45) is 0 Å². The Balaban J connectivity index is 1.43. The Morgan fingerprint density at radius 3 is 1.66 bits per heavy atom. The second kappa shape index (κ2) is 11.1. The first-order valence-electron chi connectivity index (χ1n) is 15.1. The van der Waals surface area contributed by atoms with Crippen molar-refractivity contribution < 1.29 is 0 Å². The fraction of sp³-hybridized carbons (Fsp3) is 0. The molecule has 0 spiro atoms. The Bertz CT molecular complexity index is 2260. The van der Waals surface area contributed by atoms with Gasteiger partial charge in [-0.1, -0.05) is 152 Å². The van der Waals surface area contributed by atoms with Crippen LogP contribution in [0.3, 0.4) is 0 Å². The molecule has 0 N–H and O–H groups in total. The smallest absolute Gasteiger partial charge is 0.0708 e. The van der Waals surface area contributed by atoms with Crippen LogP contribution in [0.25, 0.3) is 66.4 Å². The van der Waals surface area contributed by atoms with Crippen molar-refractivity contribution in [3.63, 3.8) is 0 Å². The largest absolute Gasteiger partial charge is 0.256 e. The second-order valence-corrected chi connectivity index (χ2v) is 11.1. The van der Waals surface area contributed by atoms with Gasteiger partial charge in [0.05, 0.1) is 5.52 Å². The van der Waals surface area contributed by atoms with Crippen LogP contribution in [0, 0.1) is 0 Å². The van der Waals surface area contributed by atoms with Crippen LogP contribution in [0.5, 0.6) is 0 Å². The van der Waals surface area contributed by atoms with Crippen molar-refractivity contribution in [1.82, 2.24) is 4.98 Å². The minimum absolute atomic E-state index is 1.01. The van der Waals surface area contributed by atoms with Gasteiger partial charge in [-0.15, -0.1) is 0 Å².